The molecule has 0 aromatic heterocycles. The largest absolute Gasteiger partial charge is 0.388 e. The van der Waals surface area contributed by atoms with Crippen molar-refractivity contribution in [2.24, 2.45) is 28.6 Å². The summed E-state index contributed by atoms with van der Waals surface area (Å²) in [5, 5.41) is 20.5. The topological polar surface area (TPSA) is 91.7 Å². The van der Waals surface area contributed by atoms with E-state index in [0.29, 0.717) is 12.8 Å². The molecule has 4 aliphatic carbocycles. The number of hydrogen-bond donors (Lipinski definition) is 2. The molecule has 4 rings (SSSR count). The number of hydrogen-bond acceptors (Lipinski definition) is 5. The molecule has 0 spiro atoms. The van der Waals surface area contributed by atoms with Crippen molar-refractivity contribution >= 4 is 17.3 Å². The Morgan fingerprint density at radius 1 is 1.27 bits per heavy atom. The summed E-state index contributed by atoms with van der Waals surface area (Å²) in [4.78, 5) is 37.4. The van der Waals surface area contributed by atoms with E-state index in [1.54, 1.807) is 12.2 Å². The highest BCUT2D eigenvalue weighted by Crippen LogP contribution is 2.66. The molecule has 6 atom stereocenters. The summed E-state index contributed by atoms with van der Waals surface area (Å²) in [6.07, 6.45) is 7.82. The quantitative estimate of drug-likeness (QED) is 0.785. The number of rotatable bonds is 2. The van der Waals surface area contributed by atoms with E-state index < -0.39 is 28.8 Å². The Balaban J connectivity index is 1.76. The second-order valence-corrected chi connectivity index (χ2v) is 9.02. The third kappa shape index (κ3) is 2.01. The third-order valence-corrected chi connectivity index (χ3v) is 8.01. The predicted molar refractivity (Wildman–Crippen MR) is 94.0 cm³/mol. The van der Waals surface area contributed by atoms with Crippen molar-refractivity contribution in [1.82, 2.24) is 0 Å². The normalized spacial score (nSPS) is 47.1. The zero-order valence-corrected chi connectivity index (χ0v) is 15.3. The molecule has 5 nitrogen and oxygen atoms in total. The molecule has 0 bridgehead atoms. The van der Waals surface area contributed by atoms with Gasteiger partial charge in [0, 0.05) is 23.2 Å². The van der Waals surface area contributed by atoms with Crippen LogP contribution in [0.5, 0.6) is 0 Å². The van der Waals surface area contributed by atoms with Gasteiger partial charge < -0.3 is 10.2 Å². The fourth-order valence-electron chi connectivity index (χ4n) is 6.62. The number of carbonyl (C=O) groups excluding carboxylic acids is 3. The Morgan fingerprint density at radius 3 is 2.69 bits per heavy atom. The van der Waals surface area contributed by atoms with Crippen LogP contribution in [0, 0.1) is 28.6 Å². The van der Waals surface area contributed by atoms with Crippen molar-refractivity contribution < 1.29 is 24.6 Å². The maximum absolute atomic E-state index is 13.3. The van der Waals surface area contributed by atoms with E-state index in [0.717, 1.165) is 18.4 Å². The van der Waals surface area contributed by atoms with Gasteiger partial charge in [-0.25, -0.2) is 0 Å². The summed E-state index contributed by atoms with van der Waals surface area (Å²) in [5.74, 6) is -0.590. The molecule has 3 saturated carbocycles. The van der Waals surface area contributed by atoms with Crippen LogP contribution in [0.2, 0.25) is 0 Å². The Labute approximate surface area is 153 Å². The first-order valence-corrected chi connectivity index (χ1v) is 9.51. The van der Waals surface area contributed by atoms with Crippen molar-refractivity contribution in [3.8, 4) is 0 Å². The van der Waals surface area contributed by atoms with Gasteiger partial charge in [-0.1, -0.05) is 25.5 Å². The standard InChI is InChI=1S/C21H26O5/c1-19-7-5-13(23)9-12(19)3-4-14-15-6-8-21(26,17(25)11-22)20(15,2)10-16(24)18(14)19/h5,7,9,14-15,18,22,26H,3-4,6,8,10-11H2,1-2H3/t14-,15-,18-,19-,20-,21-/m0/s1. The molecule has 0 heterocycles. The highest BCUT2D eigenvalue weighted by atomic mass is 16.3. The van der Waals surface area contributed by atoms with Gasteiger partial charge in [0.2, 0.25) is 0 Å². The summed E-state index contributed by atoms with van der Waals surface area (Å²) in [7, 11) is 0. The lowest BCUT2D eigenvalue weighted by atomic mass is 9.46. The van der Waals surface area contributed by atoms with Gasteiger partial charge in [-0.2, -0.15) is 0 Å². The van der Waals surface area contributed by atoms with Gasteiger partial charge in [-0.3, -0.25) is 14.4 Å². The Kier molecular flexibility index (Phi) is 3.74. The van der Waals surface area contributed by atoms with E-state index in [9.17, 15) is 24.6 Å². The zero-order chi connectivity index (χ0) is 18.9. The minimum atomic E-state index is -1.62. The van der Waals surface area contributed by atoms with Crippen molar-refractivity contribution in [3.05, 3.63) is 23.8 Å². The SMILES string of the molecule is C[C@]12C=CC(=O)C=C1CC[C@@H]1[C@H]2C(=O)C[C@@]2(C)[C@H]1CC[C@]2(O)C(=O)CO. The molecule has 140 valence electrons. The van der Waals surface area contributed by atoms with Crippen molar-refractivity contribution in [2.45, 2.75) is 51.6 Å². The minimum absolute atomic E-state index is 0.0206. The predicted octanol–water partition coefficient (Wildman–Crippen LogP) is 1.77. The van der Waals surface area contributed by atoms with Crippen molar-refractivity contribution in [2.75, 3.05) is 6.61 Å². The molecule has 0 aromatic carbocycles. The van der Waals surface area contributed by atoms with Crippen molar-refractivity contribution in [3.63, 3.8) is 0 Å². The Morgan fingerprint density at radius 2 is 2.00 bits per heavy atom. The van der Waals surface area contributed by atoms with Crippen LogP contribution in [0.25, 0.3) is 0 Å². The first-order chi connectivity index (χ1) is 12.2. The maximum Gasteiger partial charge on any atom is 0.190 e. The van der Waals surface area contributed by atoms with Crippen LogP contribution in [0.15, 0.2) is 23.8 Å². The van der Waals surface area contributed by atoms with E-state index in [2.05, 4.69) is 0 Å². The molecular weight excluding hydrogens is 332 g/mol. The number of carbonyl (C=O) groups is 3. The molecule has 0 unspecified atom stereocenters. The average Bonchev–Trinajstić information content (AvgIpc) is 2.86. The minimum Gasteiger partial charge on any atom is -0.388 e. The highest BCUT2D eigenvalue weighted by molar-refractivity contribution is 6.02. The first kappa shape index (κ1) is 17.8. The lowest BCUT2D eigenvalue weighted by Gasteiger charge is -2.56. The molecule has 0 amide bonds. The number of fused-ring (bicyclic) bond motifs is 5. The smallest absolute Gasteiger partial charge is 0.190 e. The van der Waals surface area contributed by atoms with E-state index in [-0.39, 0.29) is 35.7 Å². The first-order valence-electron chi connectivity index (χ1n) is 9.51. The molecule has 0 radical (unpaired) electrons. The van der Waals surface area contributed by atoms with Crippen LogP contribution in [0.1, 0.15) is 46.0 Å². The van der Waals surface area contributed by atoms with E-state index in [4.69, 9.17) is 0 Å². The van der Waals surface area contributed by atoms with Gasteiger partial charge in [0.1, 0.15) is 18.0 Å². The van der Waals surface area contributed by atoms with E-state index in [1.165, 1.54) is 0 Å². The van der Waals surface area contributed by atoms with Crippen LogP contribution in [0.3, 0.4) is 0 Å². The number of allylic oxidation sites excluding steroid dienone is 4. The molecule has 0 saturated heterocycles. The molecule has 4 aliphatic rings. The van der Waals surface area contributed by atoms with Gasteiger partial charge >= 0.3 is 0 Å². The maximum atomic E-state index is 13.3. The van der Waals surface area contributed by atoms with Gasteiger partial charge in [-0.05, 0) is 49.7 Å². The van der Waals surface area contributed by atoms with Crippen LogP contribution in [-0.4, -0.2) is 39.8 Å². The number of aliphatic hydroxyl groups excluding tert-OH is 1. The van der Waals surface area contributed by atoms with Gasteiger partial charge in [0.25, 0.3) is 0 Å². The average molecular weight is 358 g/mol. The van der Waals surface area contributed by atoms with Gasteiger partial charge in [0.05, 0.1) is 0 Å². The highest BCUT2D eigenvalue weighted by Gasteiger charge is 2.68. The molecule has 26 heavy (non-hydrogen) atoms. The summed E-state index contributed by atoms with van der Waals surface area (Å²) < 4.78 is 0. The molecule has 0 aliphatic heterocycles. The Bertz CT molecular complexity index is 764. The fraction of sp³-hybridized carbons (Fsp3) is 0.667. The molecule has 0 aromatic rings. The molecular formula is C21H26O5. The summed E-state index contributed by atoms with van der Waals surface area (Å²) in [5.41, 5.74) is -1.86. The molecule has 2 N–H and O–H groups in total. The van der Waals surface area contributed by atoms with Gasteiger partial charge in [0.15, 0.2) is 11.6 Å². The second-order valence-electron chi connectivity index (χ2n) is 9.02. The summed E-state index contributed by atoms with van der Waals surface area (Å²) >= 11 is 0. The van der Waals surface area contributed by atoms with Crippen LogP contribution in [-0.2, 0) is 14.4 Å². The van der Waals surface area contributed by atoms with Crippen LogP contribution < -0.4 is 0 Å². The zero-order valence-electron chi connectivity index (χ0n) is 15.3. The monoisotopic (exact) mass is 358 g/mol. The van der Waals surface area contributed by atoms with E-state index >= 15 is 0 Å². The van der Waals surface area contributed by atoms with E-state index in [1.807, 2.05) is 19.9 Å². The number of aliphatic hydroxyl groups is 2. The van der Waals surface area contributed by atoms with Gasteiger partial charge in [-0.15, -0.1) is 0 Å². The number of ketones is 3. The van der Waals surface area contributed by atoms with Crippen LogP contribution in [0.4, 0.5) is 0 Å². The molecule has 3 fully saturated rings. The molecule has 5 heteroatoms. The lowest BCUT2D eigenvalue weighted by Crippen LogP contribution is -2.60. The Hall–Kier alpha value is -1.59. The van der Waals surface area contributed by atoms with Crippen molar-refractivity contribution in [1.29, 1.82) is 0 Å². The second kappa shape index (κ2) is 5.46. The third-order valence-electron chi connectivity index (χ3n) is 8.01. The fourth-order valence-corrected chi connectivity index (χ4v) is 6.62. The summed E-state index contributed by atoms with van der Waals surface area (Å²) in [6, 6.07) is 0. The van der Waals surface area contributed by atoms with Crippen LogP contribution >= 0.6 is 0 Å². The summed E-state index contributed by atoms with van der Waals surface area (Å²) in [6.45, 7) is 3.19. The lowest BCUT2D eigenvalue weighted by molar-refractivity contribution is -0.168. The number of Topliss-reactive ketones (excluding diaryl/α,β-unsaturated/α-hetero) is 2.